The SMILES string of the molecule is CCOC(=O)CN(CCOC)C(=O)CC1CCCC1. The molecule has 1 amide bonds. The van der Waals surface area contributed by atoms with Crippen LogP contribution >= 0.6 is 0 Å². The van der Waals surface area contributed by atoms with Crippen molar-refractivity contribution >= 4 is 11.9 Å². The van der Waals surface area contributed by atoms with Crippen molar-refractivity contribution in [2.75, 3.05) is 33.4 Å². The Hall–Kier alpha value is -1.10. The molecule has 0 aromatic rings. The van der Waals surface area contributed by atoms with Crippen LogP contribution in [0.25, 0.3) is 0 Å². The molecular formula is C14H25NO4. The van der Waals surface area contributed by atoms with E-state index in [0.29, 0.717) is 32.1 Å². The summed E-state index contributed by atoms with van der Waals surface area (Å²) in [5.74, 6) is 0.176. The Morgan fingerprint density at radius 3 is 2.53 bits per heavy atom. The molecule has 1 rings (SSSR count). The largest absolute Gasteiger partial charge is 0.465 e. The molecule has 1 aliphatic carbocycles. The molecule has 0 aromatic carbocycles. The van der Waals surface area contributed by atoms with Gasteiger partial charge in [0.1, 0.15) is 6.54 Å². The number of carbonyl (C=O) groups is 2. The van der Waals surface area contributed by atoms with Crippen LogP contribution in [0, 0.1) is 5.92 Å². The molecule has 19 heavy (non-hydrogen) atoms. The summed E-state index contributed by atoms with van der Waals surface area (Å²) in [5, 5.41) is 0. The Labute approximate surface area is 115 Å². The topological polar surface area (TPSA) is 55.8 Å². The highest BCUT2D eigenvalue weighted by Crippen LogP contribution is 2.27. The maximum atomic E-state index is 12.2. The summed E-state index contributed by atoms with van der Waals surface area (Å²) in [5.41, 5.74) is 0. The molecule has 0 heterocycles. The van der Waals surface area contributed by atoms with Crippen molar-refractivity contribution in [3.63, 3.8) is 0 Å². The van der Waals surface area contributed by atoms with Crippen LogP contribution < -0.4 is 0 Å². The van der Waals surface area contributed by atoms with Gasteiger partial charge in [-0.2, -0.15) is 0 Å². The van der Waals surface area contributed by atoms with Gasteiger partial charge < -0.3 is 14.4 Å². The lowest BCUT2D eigenvalue weighted by atomic mass is 10.0. The quantitative estimate of drug-likeness (QED) is 0.629. The summed E-state index contributed by atoms with van der Waals surface area (Å²) >= 11 is 0. The van der Waals surface area contributed by atoms with Gasteiger partial charge in [-0.05, 0) is 25.7 Å². The molecule has 1 saturated carbocycles. The van der Waals surface area contributed by atoms with Crippen molar-refractivity contribution in [1.82, 2.24) is 4.90 Å². The Morgan fingerprint density at radius 1 is 1.26 bits per heavy atom. The van der Waals surface area contributed by atoms with Crippen molar-refractivity contribution in [1.29, 1.82) is 0 Å². The van der Waals surface area contributed by atoms with Gasteiger partial charge in [0.05, 0.1) is 13.2 Å². The van der Waals surface area contributed by atoms with Gasteiger partial charge in [0.25, 0.3) is 0 Å². The predicted molar refractivity (Wildman–Crippen MR) is 71.7 cm³/mol. The zero-order chi connectivity index (χ0) is 14.1. The molecule has 0 atom stereocenters. The van der Waals surface area contributed by atoms with E-state index in [-0.39, 0.29) is 18.4 Å². The van der Waals surface area contributed by atoms with Gasteiger partial charge in [0.15, 0.2) is 0 Å². The Balaban J connectivity index is 2.45. The number of nitrogens with zero attached hydrogens (tertiary/aromatic N) is 1. The number of esters is 1. The van der Waals surface area contributed by atoms with Crippen LogP contribution in [0.15, 0.2) is 0 Å². The summed E-state index contributed by atoms with van der Waals surface area (Å²) < 4.78 is 9.89. The molecule has 0 aliphatic heterocycles. The molecule has 0 bridgehead atoms. The molecule has 5 heteroatoms. The molecule has 5 nitrogen and oxygen atoms in total. The number of hydrogen-bond donors (Lipinski definition) is 0. The first-order valence-corrected chi connectivity index (χ1v) is 7.09. The maximum Gasteiger partial charge on any atom is 0.325 e. The second kappa shape index (κ2) is 8.91. The highest BCUT2D eigenvalue weighted by atomic mass is 16.5. The van der Waals surface area contributed by atoms with Gasteiger partial charge in [-0.3, -0.25) is 9.59 Å². The van der Waals surface area contributed by atoms with E-state index in [1.807, 2.05) is 0 Å². The lowest BCUT2D eigenvalue weighted by Crippen LogP contribution is -2.39. The number of hydrogen-bond acceptors (Lipinski definition) is 4. The summed E-state index contributed by atoms with van der Waals surface area (Å²) in [7, 11) is 1.59. The summed E-state index contributed by atoms with van der Waals surface area (Å²) in [4.78, 5) is 25.3. The number of ether oxygens (including phenoxy) is 2. The fourth-order valence-corrected chi connectivity index (χ4v) is 2.45. The third kappa shape index (κ3) is 6.05. The molecule has 0 unspecified atom stereocenters. The minimum Gasteiger partial charge on any atom is -0.465 e. The highest BCUT2D eigenvalue weighted by molar-refractivity contribution is 5.82. The van der Waals surface area contributed by atoms with Crippen LogP contribution in [0.1, 0.15) is 39.0 Å². The molecule has 110 valence electrons. The fourth-order valence-electron chi connectivity index (χ4n) is 2.45. The van der Waals surface area contributed by atoms with Crippen molar-refractivity contribution in [3.05, 3.63) is 0 Å². The third-order valence-corrected chi connectivity index (χ3v) is 3.48. The molecule has 0 spiro atoms. The number of methoxy groups -OCH3 is 1. The number of amides is 1. The van der Waals surface area contributed by atoms with Crippen LogP contribution in [0.5, 0.6) is 0 Å². The van der Waals surface area contributed by atoms with Gasteiger partial charge in [-0.25, -0.2) is 0 Å². The second-order valence-corrected chi connectivity index (χ2v) is 4.97. The molecule has 0 aromatic heterocycles. The average Bonchev–Trinajstić information content (AvgIpc) is 2.87. The summed E-state index contributed by atoms with van der Waals surface area (Å²) in [6.07, 6.45) is 5.23. The Bertz CT molecular complexity index is 287. The molecule has 1 fully saturated rings. The van der Waals surface area contributed by atoms with E-state index < -0.39 is 0 Å². The second-order valence-electron chi connectivity index (χ2n) is 4.97. The zero-order valence-electron chi connectivity index (χ0n) is 12.0. The van der Waals surface area contributed by atoms with Crippen LogP contribution in [-0.2, 0) is 19.1 Å². The average molecular weight is 271 g/mol. The molecule has 0 radical (unpaired) electrons. The number of carbonyl (C=O) groups excluding carboxylic acids is 2. The third-order valence-electron chi connectivity index (χ3n) is 3.48. The van der Waals surface area contributed by atoms with E-state index in [1.165, 1.54) is 12.8 Å². The van der Waals surface area contributed by atoms with Gasteiger partial charge in [0, 0.05) is 20.1 Å². The fraction of sp³-hybridized carbons (Fsp3) is 0.857. The Kier molecular flexibility index (Phi) is 7.48. The lowest BCUT2D eigenvalue weighted by molar-refractivity contribution is -0.149. The van der Waals surface area contributed by atoms with Gasteiger partial charge in [-0.1, -0.05) is 12.8 Å². The summed E-state index contributed by atoms with van der Waals surface area (Å²) in [6.45, 7) is 3.02. The molecular weight excluding hydrogens is 246 g/mol. The smallest absolute Gasteiger partial charge is 0.325 e. The van der Waals surface area contributed by atoms with E-state index in [0.717, 1.165) is 12.8 Å². The van der Waals surface area contributed by atoms with Crippen molar-refractivity contribution in [2.45, 2.75) is 39.0 Å². The van der Waals surface area contributed by atoms with Gasteiger partial charge in [0.2, 0.25) is 5.91 Å². The van der Waals surface area contributed by atoms with Crippen LogP contribution in [0.2, 0.25) is 0 Å². The van der Waals surface area contributed by atoms with E-state index >= 15 is 0 Å². The van der Waals surface area contributed by atoms with Crippen LogP contribution in [0.4, 0.5) is 0 Å². The lowest BCUT2D eigenvalue weighted by Gasteiger charge is -2.22. The van der Waals surface area contributed by atoms with E-state index in [1.54, 1.807) is 18.9 Å². The molecule has 0 saturated heterocycles. The standard InChI is InChI=1S/C14H25NO4/c1-3-19-14(17)11-15(8-9-18-2)13(16)10-12-6-4-5-7-12/h12H,3-11H2,1-2H3. The molecule has 1 aliphatic rings. The predicted octanol–water partition coefficient (Wildman–Crippen LogP) is 1.60. The minimum atomic E-state index is -0.349. The first kappa shape index (κ1) is 16.0. The zero-order valence-corrected chi connectivity index (χ0v) is 12.0. The Morgan fingerprint density at radius 2 is 1.95 bits per heavy atom. The first-order chi connectivity index (χ1) is 9.17. The van der Waals surface area contributed by atoms with Crippen molar-refractivity contribution < 1.29 is 19.1 Å². The monoisotopic (exact) mass is 271 g/mol. The normalized spacial score (nSPS) is 15.5. The maximum absolute atomic E-state index is 12.2. The van der Waals surface area contributed by atoms with Crippen molar-refractivity contribution in [2.24, 2.45) is 5.92 Å². The van der Waals surface area contributed by atoms with Gasteiger partial charge >= 0.3 is 5.97 Å². The van der Waals surface area contributed by atoms with Crippen LogP contribution in [-0.4, -0.2) is 50.2 Å². The first-order valence-electron chi connectivity index (χ1n) is 7.09. The van der Waals surface area contributed by atoms with Crippen molar-refractivity contribution in [3.8, 4) is 0 Å². The van der Waals surface area contributed by atoms with E-state index in [4.69, 9.17) is 9.47 Å². The summed E-state index contributed by atoms with van der Waals surface area (Å²) in [6, 6.07) is 0. The number of rotatable bonds is 8. The van der Waals surface area contributed by atoms with E-state index in [9.17, 15) is 9.59 Å². The molecule has 0 N–H and O–H groups in total. The van der Waals surface area contributed by atoms with Crippen LogP contribution in [0.3, 0.4) is 0 Å². The van der Waals surface area contributed by atoms with Gasteiger partial charge in [-0.15, -0.1) is 0 Å². The minimum absolute atomic E-state index is 0.0305. The highest BCUT2D eigenvalue weighted by Gasteiger charge is 2.23. The van der Waals surface area contributed by atoms with E-state index in [2.05, 4.69) is 0 Å².